The number of nitrogens with two attached hydrogens (primary N) is 1. The first-order chi connectivity index (χ1) is 9.22. The first-order valence-electron chi connectivity index (χ1n) is 6.13. The fourth-order valence-corrected chi connectivity index (χ4v) is 2.14. The first-order valence-corrected chi connectivity index (χ1v) is 6.13. The van der Waals surface area contributed by atoms with E-state index in [2.05, 4.69) is 36.3 Å². The van der Waals surface area contributed by atoms with Crippen LogP contribution < -0.4 is 5.73 Å². The molecule has 0 aliphatic rings. The van der Waals surface area contributed by atoms with Gasteiger partial charge in [-0.3, -0.25) is 4.68 Å². The standard InChI is InChI=1S/C15H15N3O/c1-11-3-2-4-12(7-11)8-18-9-14(16)15(17-18)13-5-6-19-10-13/h2-7,9-10H,8,16H2,1H3. The van der Waals surface area contributed by atoms with E-state index in [-0.39, 0.29) is 0 Å². The van der Waals surface area contributed by atoms with Crippen molar-refractivity contribution >= 4 is 5.69 Å². The number of anilines is 1. The van der Waals surface area contributed by atoms with Crippen molar-refractivity contribution < 1.29 is 4.42 Å². The second-order valence-corrected chi connectivity index (χ2v) is 4.63. The maximum atomic E-state index is 5.99. The van der Waals surface area contributed by atoms with Crippen molar-refractivity contribution in [2.24, 2.45) is 0 Å². The number of hydrogen-bond acceptors (Lipinski definition) is 3. The fraction of sp³-hybridized carbons (Fsp3) is 0.133. The number of benzene rings is 1. The molecule has 0 radical (unpaired) electrons. The zero-order valence-corrected chi connectivity index (χ0v) is 10.7. The Labute approximate surface area is 111 Å². The summed E-state index contributed by atoms with van der Waals surface area (Å²) in [5.41, 5.74) is 10.8. The molecule has 0 saturated carbocycles. The van der Waals surface area contributed by atoms with Crippen LogP contribution in [-0.2, 0) is 6.54 Å². The van der Waals surface area contributed by atoms with Gasteiger partial charge in [0.15, 0.2) is 0 Å². The Morgan fingerprint density at radius 3 is 2.95 bits per heavy atom. The molecule has 0 aliphatic heterocycles. The second kappa shape index (κ2) is 4.65. The van der Waals surface area contributed by atoms with E-state index in [1.54, 1.807) is 12.5 Å². The lowest BCUT2D eigenvalue weighted by Gasteiger charge is -2.02. The Kier molecular flexibility index (Phi) is 2.83. The Bertz CT molecular complexity index is 683. The van der Waals surface area contributed by atoms with Crippen molar-refractivity contribution in [3.8, 4) is 11.3 Å². The summed E-state index contributed by atoms with van der Waals surface area (Å²) >= 11 is 0. The Hall–Kier alpha value is -2.49. The van der Waals surface area contributed by atoms with Gasteiger partial charge in [0.05, 0.1) is 24.8 Å². The van der Waals surface area contributed by atoms with Gasteiger partial charge < -0.3 is 10.2 Å². The van der Waals surface area contributed by atoms with Crippen LogP contribution in [0.1, 0.15) is 11.1 Å². The van der Waals surface area contributed by atoms with Crippen LogP contribution in [0.25, 0.3) is 11.3 Å². The molecule has 4 heteroatoms. The average molecular weight is 253 g/mol. The molecule has 0 fully saturated rings. The molecule has 0 spiro atoms. The van der Waals surface area contributed by atoms with Gasteiger partial charge in [0, 0.05) is 11.8 Å². The molecule has 19 heavy (non-hydrogen) atoms. The van der Waals surface area contributed by atoms with Crippen molar-refractivity contribution in [2.45, 2.75) is 13.5 Å². The van der Waals surface area contributed by atoms with Crippen LogP contribution in [0.3, 0.4) is 0 Å². The lowest BCUT2D eigenvalue weighted by atomic mass is 10.1. The molecule has 1 aromatic carbocycles. The molecule has 3 aromatic rings. The zero-order chi connectivity index (χ0) is 13.2. The molecule has 0 saturated heterocycles. The minimum absolute atomic E-state index is 0.661. The SMILES string of the molecule is Cc1cccc(Cn2cc(N)c(-c3ccoc3)n2)c1. The number of hydrogen-bond donors (Lipinski definition) is 1. The highest BCUT2D eigenvalue weighted by Gasteiger charge is 2.09. The highest BCUT2D eigenvalue weighted by Crippen LogP contribution is 2.24. The van der Waals surface area contributed by atoms with Crippen molar-refractivity contribution in [1.29, 1.82) is 0 Å². The highest BCUT2D eigenvalue weighted by molar-refractivity contribution is 5.70. The maximum absolute atomic E-state index is 5.99. The summed E-state index contributed by atoms with van der Waals surface area (Å²) in [5.74, 6) is 0. The third-order valence-electron chi connectivity index (χ3n) is 3.01. The molecule has 96 valence electrons. The lowest BCUT2D eigenvalue weighted by molar-refractivity contribution is 0.568. The number of nitrogens with zero attached hydrogens (tertiary/aromatic N) is 2. The van der Waals surface area contributed by atoms with Gasteiger partial charge in [-0.2, -0.15) is 5.10 Å². The Balaban J connectivity index is 1.89. The minimum atomic E-state index is 0.661. The third kappa shape index (κ3) is 2.38. The largest absolute Gasteiger partial charge is 0.472 e. The molecule has 4 nitrogen and oxygen atoms in total. The van der Waals surface area contributed by atoms with E-state index in [0.717, 1.165) is 11.3 Å². The van der Waals surface area contributed by atoms with E-state index >= 15 is 0 Å². The predicted molar refractivity (Wildman–Crippen MR) is 74.6 cm³/mol. The van der Waals surface area contributed by atoms with Gasteiger partial charge in [-0.05, 0) is 18.6 Å². The van der Waals surface area contributed by atoms with Crippen LogP contribution in [0, 0.1) is 6.92 Å². The molecule has 0 unspecified atom stereocenters. The summed E-state index contributed by atoms with van der Waals surface area (Å²) in [4.78, 5) is 0. The lowest BCUT2D eigenvalue weighted by Crippen LogP contribution is -2.00. The van der Waals surface area contributed by atoms with Crippen LogP contribution in [-0.4, -0.2) is 9.78 Å². The van der Waals surface area contributed by atoms with Gasteiger partial charge >= 0.3 is 0 Å². The fourth-order valence-electron chi connectivity index (χ4n) is 2.14. The van der Waals surface area contributed by atoms with Crippen molar-refractivity contribution in [3.63, 3.8) is 0 Å². The second-order valence-electron chi connectivity index (χ2n) is 4.63. The molecule has 0 amide bonds. The molecule has 2 aromatic heterocycles. The van der Waals surface area contributed by atoms with E-state index in [1.165, 1.54) is 11.1 Å². The highest BCUT2D eigenvalue weighted by atomic mass is 16.3. The van der Waals surface area contributed by atoms with E-state index < -0.39 is 0 Å². The van der Waals surface area contributed by atoms with Crippen LogP contribution in [0.5, 0.6) is 0 Å². The van der Waals surface area contributed by atoms with Gasteiger partial charge in [0.2, 0.25) is 0 Å². The number of furan rings is 1. The quantitative estimate of drug-likeness (QED) is 0.780. The third-order valence-corrected chi connectivity index (χ3v) is 3.01. The maximum Gasteiger partial charge on any atom is 0.118 e. The average Bonchev–Trinajstić information content (AvgIpc) is 2.98. The summed E-state index contributed by atoms with van der Waals surface area (Å²) < 4.78 is 6.92. The van der Waals surface area contributed by atoms with Gasteiger partial charge in [-0.1, -0.05) is 29.8 Å². The van der Waals surface area contributed by atoms with E-state index in [0.29, 0.717) is 12.2 Å². The minimum Gasteiger partial charge on any atom is -0.472 e. The smallest absolute Gasteiger partial charge is 0.118 e. The molecule has 3 rings (SSSR count). The van der Waals surface area contributed by atoms with Crippen LogP contribution in [0.4, 0.5) is 5.69 Å². The normalized spacial score (nSPS) is 10.8. The van der Waals surface area contributed by atoms with Crippen LogP contribution in [0.15, 0.2) is 53.5 Å². The Morgan fingerprint density at radius 2 is 2.21 bits per heavy atom. The van der Waals surface area contributed by atoms with Gasteiger partial charge in [0.1, 0.15) is 5.69 Å². The van der Waals surface area contributed by atoms with Crippen molar-refractivity contribution in [1.82, 2.24) is 9.78 Å². The van der Waals surface area contributed by atoms with Crippen molar-refractivity contribution in [2.75, 3.05) is 5.73 Å². The number of rotatable bonds is 3. The summed E-state index contributed by atoms with van der Waals surface area (Å²) in [6.07, 6.45) is 5.12. The van der Waals surface area contributed by atoms with E-state index in [4.69, 9.17) is 10.2 Å². The topological polar surface area (TPSA) is 57.0 Å². The number of aromatic nitrogens is 2. The molecule has 0 bridgehead atoms. The summed E-state index contributed by atoms with van der Waals surface area (Å²) in [5, 5.41) is 4.51. The molecule has 2 heterocycles. The molecule has 0 aliphatic carbocycles. The monoisotopic (exact) mass is 253 g/mol. The zero-order valence-electron chi connectivity index (χ0n) is 10.7. The van der Waals surface area contributed by atoms with E-state index in [9.17, 15) is 0 Å². The summed E-state index contributed by atoms with van der Waals surface area (Å²) in [7, 11) is 0. The van der Waals surface area contributed by atoms with Crippen LogP contribution >= 0.6 is 0 Å². The summed E-state index contributed by atoms with van der Waals surface area (Å²) in [6, 6.07) is 10.2. The summed E-state index contributed by atoms with van der Waals surface area (Å²) in [6.45, 7) is 2.79. The predicted octanol–water partition coefficient (Wildman–Crippen LogP) is 3.08. The first kappa shape index (κ1) is 11.6. The van der Waals surface area contributed by atoms with Gasteiger partial charge in [-0.25, -0.2) is 0 Å². The molecule has 2 N–H and O–H groups in total. The van der Waals surface area contributed by atoms with Crippen LogP contribution in [0.2, 0.25) is 0 Å². The molecular weight excluding hydrogens is 238 g/mol. The molecule has 0 atom stereocenters. The van der Waals surface area contributed by atoms with Crippen molar-refractivity contribution in [3.05, 3.63) is 60.2 Å². The number of nitrogen functional groups attached to an aromatic ring is 1. The Morgan fingerprint density at radius 1 is 1.32 bits per heavy atom. The van der Waals surface area contributed by atoms with E-state index in [1.807, 2.05) is 16.9 Å². The van der Waals surface area contributed by atoms with Gasteiger partial charge in [0.25, 0.3) is 0 Å². The molecular formula is C15H15N3O. The van der Waals surface area contributed by atoms with Gasteiger partial charge in [-0.15, -0.1) is 0 Å². The number of aryl methyl sites for hydroxylation is 1.